The topological polar surface area (TPSA) is 74.5 Å². The van der Waals surface area contributed by atoms with Gasteiger partial charge in [0.1, 0.15) is 5.84 Å². The van der Waals surface area contributed by atoms with Crippen molar-refractivity contribution in [2.45, 2.75) is 20.8 Å². The zero-order valence-corrected chi connectivity index (χ0v) is 9.91. The third kappa shape index (κ3) is 2.96. The molecule has 0 aromatic heterocycles. The van der Waals surface area contributed by atoms with Gasteiger partial charge in [0.05, 0.1) is 12.7 Å². The lowest BCUT2D eigenvalue weighted by atomic mass is 9.91. The smallest absolute Gasteiger partial charge is 0.331 e. The highest BCUT2D eigenvalue weighted by Gasteiger charge is 2.31. The Kier molecular flexibility index (Phi) is 3.88. The number of carbonyl (C=O) groups is 1. The van der Waals surface area contributed by atoms with Crippen LogP contribution in [0.15, 0.2) is 4.99 Å². The summed E-state index contributed by atoms with van der Waals surface area (Å²) in [6.45, 7) is 7.47. The molecule has 0 aromatic carbocycles. The zero-order chi connectivity index (χ0) is 12.2. The molecule has 1 heterocycles. The summed E-state index contributed by atoms with van der Waals surface area (Å²) in [4.78, 5) is 15.7. The first kappa shape index (κ1) is 12.5. The Balaban J connectivity index is 2.73. The lowest BCUT2D eigenvalue weighted by molar-refractivity contribution is -0.144. The van der Waals surface area contributed by atoms with E-state index >= 15 is 0 Å². The quantitative estimate of drug-likeness (QED) is 0.715. The van der Waals surface area contributed by atoms with Gasteiger partial charge in [-0.2, -0.15) is 5.26 Å². The van der Waals surface area contributed by atoms with Crippen molar-refractivity contribution < 1.29 is 9.53 Å². The summed E-state index contributed by atoms with van der Waals surface area (Å²) in [5.74, 6) is -1.02. The number of amidine groups is 1. The van der Waals surface area contributed by atoms with Gasteiger partial charge in [-0.05, 0) is 6.92 Å². The van der Waals surface area contributed by atoms with E-state index in [9.17, 15) is 4.79 Å². The molecular formula is C11H17N3O2. The van der Waals surface area contributed by atoms with Crippen molar-refractivity contribution in [3.8, 4) is 6.07 Å². The van der Waals surface area contributed by atoms with Crippen molar-refractivity contribution >= 4 is 11.8 Å². The zero-order valence-electron chi connectivity index (χ0n) is 9.91. The summed E-state index contributed by atoms with van der Waals surface area (Å²) in [5.41, 5.74) is 0.0676. The minimum Gasteiger partial charge on any atom is -0.465 e. The summed E-state index contributed by atoms with van der Waals surface area (Å²) >= 11 is 0. The van der Waals surface area contributed by atoms with Gasteiger partial charge < -0.3 is 10.1 Å². The predicted molar refractivity (Wildman–Crippen MR) is 59.8 cm³/mol. The molecule has 88 valence electrons. The van der Waals surface area contributed by atoms with Crippen LogP contribution in [0, 0.1) is 22.7 Å². The van der Waals surface area contributed by atoms with Gasteiger partial charge in [-0.25, -0.2) is 0 Å². The second-order valence-electron chi connectivity index (χ2n) is 4.53. The molecule has 1 atom stereocenters. The highest BCUT2D eigenvalue weighted by molar-refractivity contribution is 6.03. The van der Waals surface area contributed by atoms with Gasteiger partial charge >= 0.3 is 5.97 Å². The summed E-state index contributed by atoms with van der Waals surface area (Å²) in [6.07, 6.45) is 0. The number of hydrogen-bond acceptors (Lipinski definition) is 5. The fourth-order valence-electron chi connectivity index (χ4n) is 1.39. The van der Waals surface area contributed by atoms with E-state index in [0.29, 0.717) is 18.9 Å². The molecule has 0 fully saturated rings. The molecule has 0 radical (unpaired) electrons. The van der Waals surface area contributed by atoms with Gasteiger partial charge in [0.15, 0.2) is 5.92 Å². The first-order valence-corrected chi connectivity index (χ1v) is 5.34. The van der Waals surface area contributed by atoms with Gasteiger partial charge in [0.2, 0.25) is 0 Å². The molecule has 1 aliphatic rings. The number of aliphatic imine (C=N–C) groups is 1. The Bertz CT molecular complexity index is 342. The first-order valence-electron chi connectivity index (χ1n) is 5.34. The molecule has 16 heavy (non-hydrogen) atoms. The van der Waals surface area contributed by atoms with Gasteiger partial charge in [-0.3, -0.25) is 9.79 Å². The SMILES string of the molecule is CCOC(=O)C(C#N)C1=NCC(C)(C)CN1. The molecule has 0 aliphatic carbocycles. The van der Waals surface area contributed by atoms with Crippen LogP contribution in [0.3, 0.4) is 0 Å². The Morgan fingerprint density at radius 3 is 2.88 bits per heavy atom. The Morgan fingerprint density at radius 2 is 2.44 bits per heavy atom. The van der Waals surface area contributed by atoms with Crippen LogP contribution in [-0.4, -0.2) is 31.5 Å². The number of nitrogens with zero attached hydrogens (tertiary/aromatic N) is 2. The van der Waals surface area contributed by atoms with Crippen molar-refractivity contribution in [3.63, 3.8) is 0 Å². The van der Waals surface area contributed by atoms with Crippen molar-refractivity contribution in [1.29, 1.82) is 5.26 Å². The number of ether oxygens (including phenoxy) is 1. The van der Waals surface area contributed by atoms with E-state index in [2.05, 4.69) is 24.2 Å². The second kappa shape index (κ2) is 4.97. The summed E-state index contributed by atoms with van der Waals surface area (Å²) in [5, 5.41) is 12.0. The van der Waals surface area contributed by atoms with Crippen molar-refractivity contribution in [3.05, 3.63) is 0 Å². The van der Waals surface area contributed by atoms with E-state index in [-0.39, 0.29) is 12.0 Å². The summed E-state index contributed by atoms with van der Waals surface area (Å²) < 4.78 is 4.82. The number of hydrogen-bond donors (Lipinski definition) is 1. The number of nitriles is 1. The standard InChI is InChI=1S/C11H17N3O2/c1-4-16-10(15)8(5-12)9-13-6-11(2,3)7-14-9/h8H,4,6-7H2,1-3H3,(H,13,14). The van der Waals surface area contributed by atoms with Crippen LogP contribution in [0.25, 0.3) is 0 Å². The average molecular weight is 223 g/mol. The molecule has 0 bridgehead atoms. The van der Waals surface area contributed by atoms with Crippen molar-refractivity contribution in [2.24, 2.45) is 16.3 Å². The largest absolute Gasteiger partial charge is 0.465 e. The van der Waals surface area contributed by atoms with Crippen molar-refractivity contribution in [2.75, 3.05) is 19.7 Å². The highest BCUT2D eigenvalue weighted by atomic mass is 16.5. The third-order valence-electron chi connectivity index (χ3n) is 2.35. The first-order chi connectivity index (χ1) is 7.50. The van der Waals surface area contributed by atoms with E-state index in [0.717, 1.165) is 0 Å². The number of rotatable bonds is 3. The van der Waals surface area contributed by atoms with E-state index < -0.39 is 11.9 Å². The lowest BCUT2D eigenvalue weighted by Gasteiger charge is -2.29. The van der Waals surface area contributed by atoms with Crippen LogP contribution in [0.5, 0.6) is 0 Å². The molecule has 0 saturated heterocycles. The third-order valence-corrected chi connectivity index (χ3v) is 2.35. The molecule has 1 unspecified atom stereocenters. The molecule has 0 spiro atoms. The molecule has 1 aliphatic heterocycles. The summed E-state index contributed by atoms with van der Waals surface area (Å²) in [7, 11) is 0. The van der Waals surface area contributed by atoms with Crippen LogP contribution in [0.4, 0.5) is 0 Å². The Morgan fingerprint density at radius 1 is 1.75 bits per heavy atom. The average Bonchev–Trinajstić information content (AvgIpc) is 2.22. The summed E-state index contributed by atoms with van der Waals surface area (Å²) in [6, 6.07) is 1.92. The van der Waals surface area contributed by atoms with Gasteiger partial charge in [-0.1, -0.05) is 13.8 Å². The molecule has 1 rings (SSSR count). The second-order valence-corrected chi connectivity index (χ2v) is 4.53. The van der Waals surface area contributed by atoms with Crippen LogP contribution in [0.1, 0.15) is 20.8 Å². The number of carbonyl (C=O) groups excluding carboxylic acids is 1. The Hall–Kier alpha value is -1.57. The molecule has 5 heteroatoms. The van der Waals surface area contributed by atoms with Gasteiger partial charge in [0.25, 0.3) is 0 Å². The Labute approximate surface area is 95.5 Å². The normalized spacial score (nSPS) is 20.0. The van der Waals surface area contributed by atoms with Crippen LogP contribution in [-0.2, 0) is 9.53 Å². The maximum absolute atomic E-state index is 11.5. The van der Waals surface area contributed by atoms with E-state index in [1.165, 1.54) is 0 Å². The maximum atomic E-state index is 11.5. The maximum Gasteiger partial charge on any atom is 0.331 e. The number of nitrogens with one attached hydrogen (secondary N) is 1. The molecular weight excluding hydrogens is 206 g/mol. The van der Waals surface area contributed by atoms with Gasteiger partial charge in [-0.15, -0.1) is 0 Å². The van der Waals surface area contributed by atoms with E-state index in [1.807, 2.05) is 6.07 Å². The van der Waals surface area contributed by atoms with Crippen LogP contribution in [0.2, 0.25) is 0 Å². The molecule has 0 saturated carbocycles. The van der Waals surface area contributed by atoms with E-state index in [1.54, 1.807) is 6.92 Å². The molecule has 0 aromatic rings. The van der Waals surface area contributed by atoms with Crippen LogP contribution >= 0.6 is 0 Å². The van der Waals surface area contributed by atoms with Gasteiger partial charge in [0, 0.05) is 18.5 Å². The number of esters is 1. The van der Waals surface area contributed by atoms with Crippen LogP contribution < -0.4 is 5.32 Å². The minimum absolute atomic E-state index is 0.0676. The molecule has 5 nitrogen and oxygen atoms in total. The lowest BCUT2D eigenvalue weighted by Crippen LogP contribution is -2.45. The van der Waals surface area contributed by atoms with E-state index in [4.69, 9.17) is 10.00 Å². The molecule has 0 amide bonds. The monoisotopic (exact) mass is 223 g/mol. The fraction of sp³-hybridized carbons (Fsp3) is 0.727. The highest BCUT2D eigenvalue weighted by Crippen LogP contribution is 2.18. The fourth-order valence-corrected chi connectivity index (χ4v) is 1.39. The predicted octanol–water partition coefficient (Wildman–Crippen LogP) is 0.717. The molecule has 1 N–H and O–H groups in total. The van der Waals surface area contributed by atoms with Crippen molar-refractivity contribution in [1.82, 2.24) is 5.32 Å². The minimum atomic E-state index is -0.920.